The highest BCUT2D eigenvalue weighted by Crippen LogP contribution is 2.45. The second-order valence-electron chi connectivity index (χ2n) is 8.35. The number of aromatic amines is 1. The number of fused-ring (bicyclic) bond motifs is 1. The van der Waals surface area contributed by atoms with Gasteiger partial charge in [0, 0.05) is 38.9 Å². The first-order valence-corrected chi connectivity index (χ1v) is 11.6. The molecular formula is C28H23ClN2O4. The molecule has 1 fully saturated rings. The summed E-state index contributed by atoms with van der Waals surface area (Å²) in [4.78, 5) is 31.5. The van der Waals surface area contributed by atoms with Gasteiger partial charge in [-0.3, -0.25) is 14.5 Å². The molecular weight excluding hydrogens is 464 g/mol. The second-order valence-corrected chi connectivity index (χ2v) is 8.76. The van der Waals surface area contributed by atoms with Gasteiger partial charge in [-0.15, -0.1) is 0 Å². The lowest BCUT2D eigenvalue weighted by Crippen LogP contribution is -2.29. The van der Waals surface area contributed by atoms with Crippen molar-refractivity contribution in [3.63, 3.8) is 0 Å². The van der Waals surface area contributed by atoms with Crippen molar-refractivity contribution in [2.24, 2.45) is 0 Å². The van der Waals surface area contributed by atoms with Crippen LogP contribution >= 0.6 is 11.6 Å². The number of H-pyrrole nitrogens is 1. The number of amides is 1. The predicted molar refractivity (Wildman–Crippen MR) is 137 cm³/mol. The Bertz CT molecular complexity index is 1500. The van der Waals surface area contributed by atoms with Crippen LogP contribution in [0.4, 0.5) is 5.69 Å². The third-order valence-electron chi connectivity index (χ3n) is 6.21. The molecule has 1 amide bonds. The fraction of sp³-hybridized carbons (Fsp3) is 0.143. The number of nitrogens with zero attached hydrogens (tertiary/aromatic N) is 1. The lowest BCUT2D eigenvalue weighted by atomic mass is 9.94. The molecule has 4 aromatic rings. The van der Waals surface area contributed by atoms with Crippen LogP contribution in [0.1, 0.15) is 29.7 Å². The van der Waals surface area contributed by atoms with Crippen LogP contribution < -0.4 is 9.64 Å². The number of ketones is 1. The number of carbonyl (C=O) groups is 2. The summed E-state index contributed by atoms with van der Waals surface area (Å²) in [6.07, 6.45) is 1.77. The fourth-order valence-corrected chi connectivity index (χ4v) is 4.68. The summed E-state index contributed by atoms with van der Waals surface area (Å²) in [5.74, 6) is -1.21. The molecule has 3 aromatic carbocycles. The summed E-state index contributed by atoms with van der Waals surface area (Å²) in [7, 11) is 0. The molecule has 5 rings (SSSR count). The fourth-order valence-electron chi connectivity index (χ4n) is 4.50. The number of rotatable bonds is 5. The van der Waals surface area contributed by atoms with Gasteiger partial charge in [0.05, 0.1) is 18.2 Å². The number of aliphatic hydroxyl groups excluding tert-OH is 1. The maximum Gasteiger partial charge on any atom is 0.300 e. The molecule has 2 N–H and O–H groups in total. The van der Waals surface area contributed by atoms with Crippen molar-refractivity contribution in [1.82, 2.24) is 4.98 Å². The number of nitrogens with one attached hydrogen (secondary N) is 1. The number of para-hydroxylation sites is 1. The smallest absolute Gasteiger partial charge is 0.300 e. The van der Waals surface area contributed by atoms with Crippen LogP contribution in [0.25, 0.3) is 16.7 Å². The molecule has 1 aromatic heterocycles. The molecule has 1 aliphatic heterocycles. The first-order valence-electron chi connectivity index (χ1n) is 11.3. The Kier molecular flexibility index (Phi) is 5.83. The monoisotopic (exact) mass is 486 g/mol. The van der Waals surface area contributed by atoms with E-state index < -0.39 is 17.7 Å². The zero-order chi connectivity index (χ0) is 24.7. The summed E-state index contributed by atoms with van der Waals surface area (Å²) < 4.78 is 5.56. The first-order chi connectivity index (χ1) is 16.9. The molecule has 176 valence electrons. The number of aliphatic hydroxyl groups is 1. The van der Waals surface area contributed by atoms with Gasteiger partial charge in [-0.05, 0) is 49.7 Å². The van der Waals surface area contributed by atoms with E-state index in [1.807, 2.05) is 38.1 Å². The Morgan fingerprint density at radius 3 is 2.66 bits per heavy atom. The van der Waals surface area contributed by atoms with Gasteiger partial charge in [0.1, 0.15) is 11.5 Å². The van der Waals surface area contributed by atoms with E-state index in [9.17, 15) is 14.7 Å². The van der Waals surface area contributed by atoms with Crippen molar-refractivity contribution >= 4 is 45.6 Å². The number of aromatic nitrogens is 1. The van der Waals surface area contributed by atoms with Crippen LogP contribution in [0.3, 0.4) is 0 Å². The quantitative estimate of drug-likeness (QED) is 0.201. The molecule has 0 saturated carbocycles. The summed E-state index contributed by atoms with van der Waals surface area (Å²) in [6.45, 7) is 4.18. The van der Waals surface area contributed by atoms with Crippen LogP contribution in [0.15, 0.2) is 78.5 Å². The van der Waals surface area contributed by atoms with Gasteiger partial charge in [-0.2, -0.15) is 0 Å². The third-order valence-corrected chi connectivity index (χ3v) is 6.62. The second kappa shape index (κ2) is 8.96. The highest BCUT2D eigenvalue weighted by molar-refractivity contribution is 6.52. The van der Waals surface area contributed by atoms with E-state index in [4.69, 9.17) is 16.3 Å². The molecule has 6 nitrogen and oxygen atoms in total. The van der Waals surface area contributed by atoms with Gasteiger partial charge in [-0.25, -0.2) is 0 Å². The molecule has 0 spiro atoms. The van der Waals surface area contributed by atoms with Crippen LogP contribution in [-0.2, 0) is 9.59 Å². The molecule has 0 aliphatic carbocycles. The first kappa shape index (κ1) is 22.7. The van der Waals surface area contributed by atoms with E-state index in [1.54, 1.807) is 48.7 Å². The number of hydrogen-bond acceptors (Lipinski definition) is 4. The summed E-state index contributed by atoms with van der Waals surface area (Å²) >= 11 is 6.38. The number of benzene rings is 3. The van der Waals surface area contributed by atoms with Crippen LogP contribution in [0.2, 0.25) is 5.02 Å². The molecule has 2 heterocycles. The summed E-state index contributed by atoms with van der Waals surface area (Å²) in [6, 6.07) is 18.8. The van der Waals surface area contributed by atoms with Crippen LogP contribution in [-0.4, -0.2) is 28.4 Å². The number of carbonyl (C=O) groups excluding carboxylic acids is 2. The highest BCUT2D eigenvalue weighted by Gasteiger charge is 2.47. The van der Waals surface area contributed by atoms with Crippen LogP contribution in [0.5, 0.6) is 5.75 Å². The number of Topliss-reactive ketones (excluding diaryl/α,β-unsaturated/α-hetero) is 1. The Balaban J connectivity index is 1.76. The van der Waals surface area contributed by atoms with E-state index in [-0.39, 0.29) is 11.3 Å². The van der Waals surface area contributed by atoms with Crippen LogP contribution in [0, 0.1) is 6.92 Å². The normalized spacial score (nSPS) is 17.3. The van der Waals surface area contributed by atoms with E-state index in [0.717, 1.165) is 16.5 Å². The molecule has 1 unspecified atom stereocenters. The number of hydrogen-bond donors (Lipinski definition) is 2. The number of aryl methyl sites for hydroxylation is 1. The Morgan fingerprint density at radius 1 is 1.09 bits per heavy atom. The number of ether oxygens (including phenoxy) is 1. The lowest BCUT2D eigenvalue weighted by Gasteiger charge is -2.25. The van der Waals surface area contributed by atoms with E-state index in [0.29, 0.717) is 34.2 Å². The molecule has 1 aliphatic rings. The molecule has 1 saturated heterocycles. The van der Waals surface area contributed by atoms with Crippen molar-refractivity contribution in [2.75, 3.05) is 11.5 Å². The van der Waals surface area contributed by atoms with Gasteiger partial charge >= 0.3 is 0 Å². The van der Waals surface area contributed by atoms with Crippen molar-refractivity contribution in [3.05, 3.63) is 100 Å². The highest BCUT2D eigenvalue weighted by atomic mass is 35.5. The minimum Gasteiger partial charge on any atom is -0.507 e. The standard InChI is InChI=1S/C28H23ClN2O4/c1-3-35-19-8-6-7-17(13-19)26(32)24-25(21-15-30-23-10-5-4-9-20(21)23)31(28(34)27(24)33)18-12-11-16(2)22(29)14-18/h4-15,25,30,32H,3H2,1-2H3/b26-24+. The maximum absolute atomic E-state index is 13.4. The zero-order valence-corrected chi connectivity index (χ0v) is 20.0. The van der Waals surface area contributed by atoms with E-state index in [2.05, 4.69) is 4.98 Å². The predicted octanol–water partition coefficient (Wildman–Crippen LogP) is 6.15. The minimum absolute atomic E-state index is 0.00472. The van der Waals surface area contributed by atoms with Crippen molar-refractivity contribution in [2.45, 2.75) is 19.9 Å². The van der Waals surface area contributed by atoms with Crippen molar-refractivity contribution in [1.29, 1.82) is 0 Å². The Morgan fingerprint density at radius 2 is 1.89 bits per heavy atom. The summed E-state index contributed by atoms with van der Waals surface area (Å²) in [5.41, 5.74) is 3.27. The number of anilines is 1. The topological polar surface area (TPSA) is 82.6 Å². The molecule has 35 heavy (non-hydrogen) atoms. The average Bonchev–Trinajstić information content (AvgIpc) is 3.39. The van der Waals surface area contributed by atoms with Crippen molar-refractivity contribution < 1.29 is 19.4 Å². The van der Waals surface area contributed by atoms with Gasteiger partial charge in [0.25, 0.3) is 11.7 Å². The van der Waals surface area contributed by atoms with E-state index in [1.165, 1.54) is 4.90 Å². The molecule has 0 radical (unpaired) electrons. The van der Waals surface area contributed by atoms with E-state index >= 15 is 0 Å². The van der Waals surface area contributed by atoms with Crippen molar-refractivity contribution in [3.8, 4) is 5.75 Å². The Hall–Kier alpha value is -4.03. The van der Waals surface area contributed by atoms with Gasteiger partial charge in [-0.1, -0.05) is 48.0 Å². The molecule has 1 atom stereocenters. The minimum atomic E-state index is -0.860. The SMILES string of the molecule is CCOc1cccc(/C(O)=C2\C(=O)C(=O)N(c3ccc(C)c(Cl)c3)C2c2c[nH]c3ccccc23)c1. The number of halogens is 1. The maximum atomic E-state index is 13.4. The lowest BCUT2D eigenvalue weighted by molar-refractivity contribution is -0.132. The van der Waals surface area contributed by atoms with Gasteiger partial charge in [0.15, 0.2) is 0 Å². The average molecular weight is 487 g/mol. The largest absolute Gasteiger partial charge is 0.507 e. The Labute approximate surface area is 207 Å². The summed E-state index contributed by atoms with van der Waals surface area (Å²) in [5, 5.41) is 12.7. The third kappa shape index (κ3) is 3.86. The molecule has 0 bridgehead atoms. The zero-order valence-electron chi connectivity index (χ0n) is 19.2. The molecule has 7 heteroatoms. The van der Waals surface area contributed by atoms with Gasteiger partial charge in [0.2, 0.25) is 0 Å². The van der Waals surface area contributed by atoms with Gasteiger partial charge < -0.3 is 14.8 Å².